The molecule has 0 saturated heterocycles. The zero-order valence-electron chi connectivity index (χ0n) is 10.4. The van der Waals surface area contributed by atoms with Gasteiger partial charge in [0, 0.05) is 0 Å². The average Bonchev–Trinajstić information content (AvgIpc) is 2.37. The van der Waals surface area contributed by atoms with E-state index < -0.39 is 15.4 Å². The van der Waals surface area contributed by atoms with Gasteiger partial charge in [-0.3, -0.25) is 0 Å². The van der Waals surface area contributed by atoms with Crippen LogP contribution in [0.3, 0.4) is 0 Å². The quantitative estimate of drug-likeness (QED) is 0.339. The van der Waals surface area contributed by atoms with Gasteiger partial charge in [0.25, 0.3) is 10.1 Å². The fourth-order valence-corrected chi connectivity index (χ4v) is 3.03. The van der Waals surface area contributed by atoms with Crippen molar-refractivity contribution in [3.8, 4) is 5.75 Å². The molecule has 0 radical (unpaired) electrons. The van der Waals surface area contributed by atoms with Crippen LogP contribution in [0.5, 0.6) is 5.75 Å². The van der Waals surface area contributed by atoms with Crippen LogP contribution >= 0.6 is 0 Å². The van der Waals surface area contributed by atoms with E-state index in [0.717, 1.165) is 11.1 Å². The summed E-state index contributed by atoms with van der Waals surface area (Å²) in [5.74, 6) is 0.685. The number of fused-ring (bicyclic) bond motifs is 1. The van der Waals surface area contributed by atoms with Crippen molar-refractivity contribution in [3.05, 3.63) is 29.3 Å². The SMILES string of the molecule is COc1ccc2c(c1)CC(S(=O)(=O)O[O-])CC2.[Na+]. The van der Waals surface area contributed by atoms with Crippen LogP contribution in [0.1, 0.15) is 17.5 Å². The number of methoxy groups -OCH3 is 1. The van der Waals surface area contributed by atoms with E-state index in [1.165, 1.54) is 0 Å². The molecule has 1 aromatic carbocycles. The molecule has 0 aliphatic heterocycles. The third kappa shape index (κ3) is 3.26. The number of rotatable bonds is 3. The van der Waals surface area contributed by atoms with Gasteiger partial charge in [-0.1, -0.05) is 6.07 Å². The number of aryl methyl sites for hydroxylation is 1. The van der Waals surface area contributed by atoms with Crippen molar-refractivity contribution in [2.24, 2.45) is 0 Å². The summed E-state index contributed by atoms with van der Waals surface area (Å²) in [5.41, 5.74) is 2.00. The van der Waals surface area contributed by atoms with Crippen molar-refractivity contribution in [1.29, 1.82) is 0 Å². The first-order chi connectivity index (χ1) is 8.06. The molecule has 0 saturated carbocycles. The summed E-state index contributed by atoms with van der Waals surface area (Å²) >= 11 is 0. The summed E-state index contributed by atoms with van der Waals surface area (Å²) in [5, 5.41) is 9.42. The summed E-state index contributed by atoms with van der Waals surface area (Å²) in [7, 11) is -2.42. The number of hydrogen-bond acceptors (Lipinski definition) is 5. The zero-order chi connectivity index (χ0) is 12.5. The number of benzene rings is 1. The van der Waals surface area contributed by atoms with Crippen LogP contribution in [-0.4, -0.2) is 20.8 Å². The second-order valence-corrected chi connectivity index (χ2v) is 5.85. The van der Waals surface area contributed by atoms with Crippen molar-refractivity contribution >= 4 is 10.1 Å². The van der Waals surface area contributed by atoms with Crippen molar-refractivity contribution < 1.29 is 52.3 Å². The third-order valence-electron chi connectivity index (χ3n) is 3.10. The maximum absolute atomic E-state index is 11.4. The molecule has 0 amide bonds. The van der Waals surface area contributed by atoms with Crippen molar-refractivity contribution in [2.45, 2.75) is 24.5 Å². The minimum Gasteiger partial charge on any atom is -0.707 e. The van der Waals surface area contributed by atoms with Gasteiger partial charge in [0.05, 0.1) is 12.4 Å². The average molecular weight is 280 g/mol. The van der Waals surface area contributed by atoms with Crippen LogP contribution in [0.15, 0.2) is 18.2 Å². The maximum Gasteiger partial charge on any atom is 1.00 e. The van der Waals surface area contributed by atoms with Gasteiger partial charge in [-0.15, -0.1) is 0 Å². The minimum atomic E-state index is -3.98. The molecule has 1 aliphatic carbocycles. The molecule has 2 rings (SSSR count). The predicted molar refractivity (Wildman–Crippen MR) is 58.8 cm³/mol. The zero-order valence-corrected chi connectivity index (χ0v) is 13.2. The smallest absolute Gasteiger partial charge is 0.707 e. The van der Waals surface area contributed by atoms with Gasteiger partial charge < -0.3 is 14.3 Å². The molecule has 0 heterocycles. The fourth-order valence-electron chi connectivity index (χ4n) is 2.13. The van der Waals surface area contributed by atoms with Crippen LogP contribution in [0.25, 0.3) is 0 Å². The second-order valence-electron chi connectivity index (χ2n) is 4.06. The second kappa shape index (κ2) is 6.36. The van der Waals surface area contributed by atoms with E-state index in [0.29, 0.717) is 25.0 Å². The minimum absolute atomic E-state index is 0. The van der Waals surface area contributed by atoms with E-state index >= 15 is 0 Å². The Morgan fingerprint density at radius 3 is 2.67 bits per heavy atom. The first-order valence-electron chi connectivity index (χ1n) is 5.28. The topological polar surface area (TPSA) is 75.7 Å². The summed E-state index contributed by atoms with van der Waals surface area (Å²) in [4.78, 5) is 0. The summed E-state index contributed by atoms with van der Waals surface area (Å²) < 4.78 is 31.1. The van der Waals surface area contributed by atoms with Gasteiger partial charge >= 0.3 is 29.6 Å². The molecule has 0 N–H and O–H groups in total. The largest absolute Gasteiger partial charge is 1.00 e. The monoisotopic (exact) mass is 280 g/mol. The predicted octanol–water partition coefficient (Wildman–Crippen LogP) is -2.82. The Kier molecular flexibility index (Phi) is 5.64. The molecule has 0 bridgehead atoms. The standard InChI is InChI=1S/C11H14O5S.Na/c1-15-10-4-2-8-3-5-11(7-9(8)6-10)17(13,14)16-12;/h2,4,6,11-12H,3,5,7H2,1H3;/q;+1/p-1. The Labute approximate surface area is 128 Å². The Hall–Kier alpha value is -0.110. The summed E-state index contributed by atoms with van der Waals surface area (Å²) in [6.45, 7) is 0. The van der Waals surface area contributed by atoms with Crippen molar-refractivity contribution in [3.63, 3.8) is 0 Å². The molecule has 0 fully saturated rings. The van der Waals surface area contributed by atoms with Crippen LogP contribution in [0.2, 0.25) is 0 Å². The van der Waals surface area contributed by atoms with Gasteiger partial charge in [-0.05, 0) is 42.5 Å². The molecule has 1 unspecified atom stereocenters. The molecule has 0 spiro atoms. The molecule has 1 atom stereocenters. The Morgan fingerprint density at radius 1 is 1.33 bits per heavy atom. The molecular formula is C11H13NaO5S. The molecule has 1 aromatic rings. The molecule has 0 aromatic heterocycles. The molecule has 94 valence electrons. The molecule has 7 heteroatoms. The summed E-state index contributed by atoms with van der Waals surface area (Å²) in [6.07, 6.45) is 1.35. The number of ether oxygens (including phenoxy) is 1. The van der Waals surface area contributed by atoms with Gasteiger partial charge in [-0.25, -0.2) is 0 Å². The molecule has 5 nitrogen and oxygen atoms in total. The molecule has 1 aliphatic rings. The van der Waals surface area contributed by atoms with E-state index in [9.17, 15) is 13.7 Å². The molecule has 18 heavy (non-hydrogen) atoms. The van der Waals surface area contributed by atoms with Gasteiger partial charge in [0.2, 0.25) is 0 Å². The third-order valence-corrected chi connectivity index (χ3v) is 4.51. The van der Waals surface area contributed by atoms with E-state index in [1.54, 1.807) is 7.11 Å². The van der Waals surface area contributed by atoms with Crippen molar-refractivity contribution in [1.82, 2.24) is 0 Å². The maximum atomic E-state index is 11.4. The van der Waals surface area contributed by atoms with Gasteiger partial charge in [0.15, 0.2) is 0 Å². The van der Waals surface area contributed by atoms with Crippen LogP contribution in [0, 0.1) is 0 Å². The Morgan fingerprint density at radius 2 is 2.06 bits per heavy atom. The summed E-state index contributed by atoms with van der Waals surface area (Å²) in [6, 6.07) is 5.58. The normalized spacial score (nSPS) is 18.7. The Balaban J connectivity index is 0.00000162. The van der Waals surface area contributed by atoms with E-state index in [-0.39, 0.29) is 29.6 Å². The number of hydrogen-bond donors (Lipinski definition) is 0. The van der Waals surface area contributed by atoms with Crippen molar-refractivity contribution in [2.75, 3.05) is 7.11 Å². The Bertz CT molecular complexity index is 514. The van der Waals surface area contributed by atoms with Crippen LogP contribution in [-0.2, 0) is 27.3 Å². The van der Waals surface area contributed by atoms with Crippen LogP contribution < -0.4 is 39.6 Å². The van der Waals surface area contributed by atoms with Gasteiger partial charge in [-0.2, -0.15) is 8.42 Å². The first-order valence-corrected chi connectivity index (χ1v) is 6.75. The van der Waals surface area contributed by atoms with Crippen LogP contribution in [0.4, 0.5) is 0 Å². The first kappa shape index (κ1) is 15.9. The fraction of sp³-hybridized carbons (Fsp3) is 0.455. The van der Waals surface area contributed by atoms with E-state index in [1.807, 2.05) is 18.2 Å². The van der Waals surface area contributed by atoms with E-state index in [2.05, 4.69) is 4.33 Å². The van der Waals surface area contributed by atoms with E-state index in [4.69, 9.17) is 4.74 Å². The molecular weight excluding hydrogens is 267 g/mol. The van der Waals surface area contributed by atoms with Gasteiger partial charge in [0.1, 0.15) is 5.75 Å².